The Morgan fingerprint density at radius 3 is 2.32 bits per heavy atom. The van der Waals surface area contributed by atoms with E-state index in [1.807, 2.05) is 36.4 Å². The monoisotopic (exact) mass is 608 g/mol. The van der Waals surface area contributed by atoms with Crippen LogP contribution >= 0.6 is 0 Å². The van der Waals surface area contributed by atoms with Crippen molar-refractivity contribution in [3.63, 3.8) is 0 Å². The quantitative estimate of drug-likeness (QED) is 0.305. The van der Waals surface area contributed by atoms with Crippen LogP contribution in [0.25, 0.3) is 11.1 Å². The molecule has 3 amide bonds. The van der Waals surface area contributed by atoms with Gasteiger partial charge in [-0.2, -0.15) is 13.2 Å². The van der Waals surface area contributed by atoms with Gasteiger partial charge < -0.3 is 26.4 Å². The van der Waals surface area contributed by atoms with Crippen LogP contribution in [0.15, 0.2) is 72.8 Å². The van der Waals surface area contributed by atoms with Crippen molar-refractivity contribution >= 4 is 17.7 Å². The number of alkyl halides is 3. The summed E-state index contributed by atoms with van der Waals surface area (Å²) in [5.41, 5.74) is 6.33. The lowest BCUT2D eigenvalue weighted by molar-refractivity contribution is -0.137. The summed E-state index contributed by atoms with van der Waals surface area (Å²) < 4.78 is 38.8. The largest absolute Gasteiger partial charge is 0.416 e. The summed E-state index contributed by atoms with van der Waals surface area (Å²) in [5.74, 6) is -1.53. The lowest BCUT2D eigenvalue weighted by Gasteiger charge is -2.38. The minimum absolute atomic E-state index is 0.0684. The number of benzene rings is 3. The van der Waals surface area contributed by atoms with Gasteiger partial charge in [-0.3, -0.25) is 14.4 Å². The van der Waals surface area contributed by atoms with E-state index in [9.17, 15) is 32.7 Å². The maximum atomic E-state index is 12.9. The van der Waals surface area contributed by atoms with Crippen LogP contribution in [0, 0.1) is 0 Å². The highest BCUT2D eigenvalue weighted by molar-refractivity contribution is 5.99. The van der Waals surface area contributed by atoms with Crippen molar-refractivity contribution < 1.29 is 32.7 Å². The number of rotatable bonds is 8. The molecule has 1 aliphatic carbocycles. The molecule has 1 unspecified atom stereocenters. The molecule has 2 aliphatic rings. The number of amides is 3. The number of primary amides is 1. The highest BCUT2D eigenvalue weighted by Gasteiger charge is 2.37. The number of carbonyl (C=O) groups excluding carboxylic acids is 3. The fourth-order valence-electron chi connectivity index (χ4n) is 6.12. The second-order valence-electron chi connectivity index (χ2n) is 11.5. The van der Waals surface area contributed by atoms with Gasteiger partial charge in [0.15, 0.2) is 0 Å². The first-order valence-corrected chi connectivity index (χ1v) is 14.6. The molecule has 11 heteroatoms. The average molecular weight is 609 g/mol. The summed E-state index contributed by atoms with van der Waals surface area (Å²) in [5, 5.41) is 17.5. The van der Waals surface area contributed by atoms with Crippen molar-refractivity contribution in [3.8, 4) is 11.1 Å². The minimum Gasteiger partial charge on any atom is -0.385 e. The average Bonchev–Trinajstić information content (AvgIpc) is 3.49. The third-order valence-corrected chi connectivity index (χ3v) is 8.60. The Morgan fingerprint density at radius 1 is 0.932 bits per heavy atom. The Labute approximate surface area is 253 Å². The molecule has 1 aliphatic heterocycles. The zero-order valence-corrected chi connectivity index (χ0v) is 24.1. The van der Waals surface area contributed by atoms with Crippen molar-refractivity contribution in [1.29, 1.82) is 0 Å². The highest BCUT2D eigenvalue weighted by Crippen LogP contribution is 2.38. The van der Waals surface area contributed by atoms with Crippen molar-refractivity contribution in [3.05, 3.63) is 95.1 Å². The van der Waals surface area contributed by atoms with Crippen LogP contribution < -0.4 is 16.4 Å². The number of nitrogens with zero attached hydrogens (tertiary/aromatic N) is 1. The molecule has 3 aromatic rings. The Bertz CT molecular complexity index is 1520. The SMILES string of the molecule is NC(=O)c1ccccc1-c1ccc(C2(O)CCC(NC3CCN(C(=O)CNC(=O)c4cccc(C(F)(F)F)c4)C3)CC2)cc1. The summed E-state index contributed by atoms with van der Waals surface area (Å²) in [6.07, 6.45) is -1.19. The minimum atomic E-state index is -4.56. The molecule has 1 saturated heterocycles. The molecule has 3 aromatic carbocycles. The number of nitrogens with two attached hydrogens (primary N) is 1. The standard InChI is InChI=1S/C33H35F3N4O4/c34-33(35,36)24-5-3-4-22(18-24)31(43)38-19-29(41)40-17-14-26(20-40)39-25-12-15-32(44,16-13-25)23-10-8-21(9-11-23)27-6-1-2-7-28(27)30(37)42/h1-11,18,25-26,39,44H,12-17,19-20H2,(H2,37,42)(H,38,43). The highest BCUT2D eigenvalue weighted by atomic mass is 19.4. The Hall–Kier alpha value is -4.22. The lowest BCUT2D eigenvalue weighted by Crippen LogP contribution is -2.46. The molecule has 1 heterocycles. The van der Waals surface area contributed by atoms with E-state index < -0.39 is 29.2 Å². The number of nitrogens with one attached hydrogen (secondary N) is 2. The molecule has 5 N–H and O–H groups in total. The molecule has 2 fully saturated rings. The number of aliphatic hydroxyl groups is 1. The smallest absolute Gasteiger partial charge is 0.385 e. The van der Waals surface area contributed by atoms with Crippen LogP contribution in [0.4, 0.5) is 13.2 Å². The molecule has 0 spiro atoms. The van der Waals surface area contributed by atoms with Crippen LogP contribution in [0.2, 0.25) is 0 Å². The van der Waals surface area contributed by atoms with Gasteiger partial charge in [-0.05, 0) is 73.1 Å². The van der Waals surface area contributed by atoms with E-state index >= 15 is 0 Å². The first kappa shape index (κ1) is 31.2. The van der Waals surface area contributed by atoms with Crippen molar-refractivity contribution in [2.24, 2.45) is 5.73 Å². The topological polar surface area (TPSA) is 125 Å². The van der Waals surface area contributed by atoms with Gasteiger partial charge in [0, 0.05) is 36.3 Å². The second kappa shape index (κ2) is 12.8. The first-order chi connectivity index (χ1) is 20.9. The summed E-state index contributed by atoms with van der Waals surface area (Å²) in [7, 11) is 0. The van der Waals surface area contributed by atoms with Gasteiger partial charge >= 0.3 is 6.18 Å². The third kappa shape index (κ3) is 7.11. The molecular weight excluding hydrogens is 573 g/mol. The molecule has 1 atom stereocenters. The summed E-state index contributed by atoms with van der Waals surface area (Å²) >= 11 is 0. The Kier molecular flexibility index (Phi) is 9.07. The van der Waals surface area contributed by atoms with E-state index in [2.05, 4.69) is 10.6 Å². The number of carbonyl (C=O) groups is 3. The predicted molar refractivity (Wildman–Crippen MR) is 158 cm³/mol. The Balaban J connectivity index is 1.08. The van der Waals surface area contributed by atoms with Crippen LogP contribution in [0.5, 0.6) is 0 Å². The molecule has 8 nitrogen and oxygen atoms in total. The molecule has 5 rings (SSSR count). The van der Waals surface area contributed by atoms with E-state index in [1.165, 1.54) is 6.07 Å². The molecule has 0 bridgehead atoms. The van der Waals surface area contributed by atoms with Gasteiger partial charge in [-0.15, -0.1) is 0 Å². The van der Waals surface area contributed by atoms with E-state index in [1.54, 1.807) is 17.0 Å². The fraction of sp³-hybridized carbons (Fsp3) is 0.364. The second-order valence-corrected chi connectivity index (χ2v) is 11.5. The molecule has 0 aromatic heterocycles. The molecular formula is C33H35F3N4O4. The van der Waals surface area contributed by atoms with Crippen LogP contribution in [0.3, 0.4) is 0 Å². The predicted octanol–water partition coefficient (Wildman–Crippen LogP) is 4.22. The Morgan fingerprint density at radius 2 is 1.64 bits per heavy atom. The van der Waals surface area contributed by atoms with Gasteiger partial charge in [0.2, 0.25) is 11.8 Å². The summed E-state index contributed by atoms with van der Waals surface area (Å²) in [6.45, 7) is 0.677. The van der Waals surface area contributed by atoms with Crippen LogP contribution in [0.1, 0.15) is 63.9 Å². The summed E-state index contributed by atoms with van der Waals surface area (Å²) in [6, 6.07) is 19.1. The van der Waals surface area contributed by atoms with Gasteiger partial charge in [0.25, 0.3) is 5.91 Å². The molecule has 0 radical (unpaired) electrons. The molecule has 232 valence electrons. The van der Waals surface area contributed by atoms with Crippen molar-refractivity contribution in [1.82, 2.24) is 15.5 Å². The lowest BCUT2D eigenvalue weighted by atomic mass is 9.77. The van der Waals surface area contributed by atoms with E-state index in [-0.39, 0.29) is 30.1 Å². The maximum Gasteiger partial charge on any atom is 0.416 e. The number of likely N-dealkylation sites (tertiary alicyclic amines) is 1. The first-order valence-electron chi connectivity index (χ1n) is 14.6. The van der Waals surface area contributed by atoms with Gasteiger partial charge in [-0.25, -0.2) is 0 Å². The number of hydrogen-bond acceptors (Lipinski definition) is 5. The van der Waals surface area contributed by atoms with Crippen molar-refractivity contribution in [2.45, 2.75) is 56.0 Å². The fourth-order valence-corrected chi connectivity index (χ4v) is 6.12. The van der Waals surface area contributed by atoms with Gasteiger partial charge in [0.05, 0.1) is 17.7 Å². The number of hydrogen-bond donors (Lipinski definition) is 4. The normalized spacial score (nSPS) is 22.0. The van der Waals surface area contributed by atoms with Crippen LogP contribution in [-0.2, 0) is 16.6 Å². The van der Waals surface area contributed by atoms with Crippen LogP contribution in [-0.4, -0.2) is 59.4 Å². The summed E-state index contributed by atoms with van der Waals surface area (Å²) in [4.78, 5) is 38.5. The molecule has 1 saturated carbocycles. The molecule has 44 heavy (non-hydrogen) atoms. The van der Waals surface area contributed by atoms with E-state index in [4.69, 9.17) is 5.73 Å². The third-order valence-electron chi connectivity index (χ3n) is 8.60. The zero-order chi connectivity index (χ0) is 31.5. The zero-order valence-electron chi connectivity index (χ0n) is 24.1. The van der Waals surface area contributed by atoms with Gasteiger partial charge in [0.1, 0.15) is 0 Å². The van der Waals surface area contributed by atoms with Crippen molar-refractivity contribution in [2.75, 3.05) is 19.6 Å². The van der Waals surface area contributed by atoms with E-state index in [0.29, 0.717) is 31.5 Å². The number of halogens is 3. The maximum absolute atomic E-state index is 12.9. The van der Waals surface area contributed by atoms with Gasteiger partial charge in [-0.1, -0.05) is 48.5 Å². The van der Waals surface area contributed by atoms with E-state index in [0.717, 1.165) is 54.2 Å².